The Hall–Kier alpha value is -2.10. The summed E-state index contributed by atoms with van der Waals surface area (Å²) in [5.74, 6) is 2.98. The number of rotatable bonds is 3. The van der Waals surface area contributed by atoms with Crippen LogP contribution in [0, 0.1) is 12.3 Å². The standard InChI is InChI=1S/C16H10BrN3OS/c1-2-10-22-16-19-15(21)13-4-3-9-18-14(13)20(16)12-7-5-11(17)6-8-12/h1,3-9H,10H2. The number of pyridine rings is 1. The number of thioether (sulfide) groups is 1. The van der Waals surface area contributed by atoms with Gasteiger partial charge in [0.15, 0.2) is 10.8 Å². The summed E-state index contributed by atoms with van der Waals surface area (Å²) < 4.78 is 2.82. The molecule has 2 aromatic heterocycles. The van der Waals surface area contributed by atoms with Gasteiger partial charge in [-0.2, -0.15) is 4.98 Å². The molecule has 0 bridgehead atoms. The lowest BCUT2D eigenvalue weighted by molar-refractivity contribution is 0.840. The van der Waals surface area contributed by atoms with Crippen molar-refractivity contribution in [1.29, 1.82) is 0 Å². The van der Waals surface area contributed by atoms with E-state index in [9.17, 15) is 4.79 Å². The van der Waals surface area contributed by atoms with Crippen LogP contribution in [0.1, 0.15) is 0 Å². The Kier molecular flexibility index (Phi) is 4.27. The molecule has 0 saturated carbocycles. The molecular formula is C16H10BrN3OS. The summed E-state index contributed by atoms with van der Waals surface area (Å²) in [5.41, 5.74) is 1.15. The van der Waals surface area contributed by atoms with Gasteiger partial charge in [-0.15, -0.1) is 6.42 Å². The molecule has 0 atom stereocenters. The molecular weight excluding hydrogens is 362 g/mol. The highest BCUT2D eigenvalue weighted by Gasteiger charge is 2.13. The highest BCUT2D eigenvalue weighted by Crippen LogP contribution is 2.24. The van der Waals surface area contributed by atoms with Crippen molar-refractivity contribution in [3.8, 4) is 18.0 Å². The first-order valence-electron chi connectivity index (χ1n) is 6.40. The first-order valence-corrected chi connectivity index (χ1v) is 8.18. The van der Waals surface area contributed by atoms with E-state index in [1.807, 2.05) is 28.8 Å². The summed E-state index contributed by atoms with van der Waals surface area (Å²) in [4.78, 5) is 20.7. The molecule has 4 nitrogen and oxygen atoms in total. The van der Waals surface area contributed by atoms with Crippen molar-refractivity contribution < 1.29 is 0 Å². The van der Waals surface area contributed by atoms with Crippen molar-refractivity contribution in [3.63, 3.8) is 0 Å². The largest absolute Gasteiger partial charge is 0.283 e. The average molecular weight is 372 g/mol. The smallest absolute Gasteiger partial charge is 0.273 e. The van der Waals surface area contributed by atoms with Crippen molar-refractivity contribution in [3.05, 3.63) is 57.4 Å². The Bertz CT molecular complexity index is 929. The van der Waals surface area contributed by atoms with E-state index in [2.05, 4.69) is 31.8 Å². The fourth-order valence-corrected chi connectivity index (χ4v) is 3.00. The molecule has 22 heavy (non-hydrogen) atoms. The third kappa shape index (κ3) is 2.78. The van der Waals surface area contributed by atoms with Crippen LogP contribution in [0.3, 0.4) is 0 Å². The Morgan fingerprint density at radius 3 is 2.77 bits per heavy atom. The number of nitrogens with zero attached hydrogens (tertiary/aromatic N) is 3. The van der Waals surface area contributed by atoms with Crippen LogP contribution in [0.4, 0.5) is 0 Å². The van der Waals surface area contributed by atoms with Crippen LogP contribution in [0.2, 0.25) is 0 Å². The van der Waals surface area contributed by atoms with Gasteiger partial charge in [-0.1, -0.05) is 33.6 Å². The molecule has 1 aromatic carbocycles. The summed E-state index contributed by atoms with van der Waals surface area (Å²) in [6.07, 6.45) is 6.99. The fourth-order valence-electron chi connectivity index (χ4n) is 2.06. The quantitative estimate of drug-likeness (QED) is 0.402. The van der Waals surface area contributed by atoms with Crippen molar-refractivity contribution in [2.75, 3.05) is 5.75 Å². The van der Waals surface area contributed by atoms with Gasteiger partial charge in [0.25, 0.3) is 5.56 Å². The Morgan fingerprint density at radius 1 is 1.27 bits per heavy atom. The monoisotopic (exact) mass is 371 g/mol. The van der Waals surface area contributed by atoms with Crippen LogP contribution in [-0.4, -0.2) is 20.3 Å². The van der Waals surface area contributed by atoms with Gasteiger partial charge < -0.3 is 0 Å². The third-order valence-electron chi connectivity index (χ3n) is 2.99. The molecule has 108 valence electrons. The van der Waals surface area contributed by atoms with Gasteiger partial charge >= 0.3 is 0 Å². The van der Waals surface area contributed by atoms with Crippen molar-refractivity contribution >= 4 is 38.7 Å². The average Bonchev–Trinajstić information content (AvgIpc) is 2.54. The van der Waals surface area contributed by atoms with Gasteiger partial charge in [0.1, 0.15) is 0 Å². The van der Waals surface area contributed by atoms with Crippen LogP contribution in [0.25, 0.3) is 16.7 Å². The summed E-state index contributed by atoms with van der Waals surface area (Å²) in [6, 6.07) is 11.2. The zero-order valence-electron chi connectivity index (χ0n) is 11.4. The molecule has 0 aliphatic heterocycles. The van der Waals surface area contributed by atoms with Gasteiger partial charge in [-0.25, -0.2) is 4.98 Å². The number of terminal acetylenes is 1. The zero-order valence-corrected chi connectivity index (χ0v) is 13.8. The minimum absolute atomic E-state index is 0.295. The summed E-state index contributed by atoms with van der Waals surface area (Å²) in [6.45, 7) is 0. The first-order chi connectivity index (χ1) is 10.7. The van der Waals surface area contributed by atoms with Crippen LogP contribution < -0.4 is 5.56 Å². The van der Waals surface area contributed by atoms with E-state index in [1.165, 1.54) is 11.8 Å². The van der Waals surface area contributed by atoms with E-state index in [0.29, 0.717) is 21.9 Å². The summed E-state index contributed by atoms with van der Waals surface area (Å²) in [5, 5.41) is 1.02. The van der Waals surface area contributed by atoms with Crippen molar-refractivity contribution in [2.45, 2.75) is 5.16 Å². The topological polar surface area (TPSA) is 47.8 Å². The molecule has 6 heteroatoms. The maximum absolute atomic E-state index is 12.2. The molecule has 0 unspecified atom stereocenters. The van der Waals surface area contributed by atoms with Crippen molar-refractivity contribution in [1.82, 2.24) is 14.5 Å². The lowest BCUT2D eigenvalue weighted by atomic mass is 10.3. The number of fused-ring (bicyclic) bond motifs is 1. The molecule has 3 aromatic rings. The zero-order chi connectivity index (χ0) is 15.5. The highest BCUT2D eigenvalue weighted by atomic mass is 79.9. The first kappa shape index (κ1) is 14.8. The molecule has 0 fully saturated rings. The molecule has 2 heterocycles. The summed E-state index contributed by atoms with van der Waals surface area (Å²) >= 11 is 4.76. The second kappa shape index (κ2) is 6.34. The SMILES string of the molecule is C#CCSc1nc(=O)c2cccnc2n1-c1ccc(Br)cc1. The third-order valence-corrected chi connectivity index (χ3v) is 4.36. The minimum Gasteiger partial charge on any atom is -0.273 e. The minimum atomic E-state index is -0.295. The Morgan fingerprint density at radius 2 is 2.05 bits per heavy atom. The summed E-state index contributed by atoms with van der Waals surface area (Å²) in [7, 11) is 0. The predicted octanol–water partition coefficient (Wildman–Crippen LogP) is 3.27. The van der Waals surface area contributed by atoms with Gasteiger partial charge in [0.2, 0.25) is 0 Å². The highest BCUT2D eigenvalue weighted by molar-refractivity contribution is 9.10. The van der Waals surface area contributed by atoms with Gasteiger partial charge in [0.05, 0.1) is 11.1 Å². The molecule has 0 amide bonds. The molecule has 0 saturated heterocycles. The fraction of sp³-hybridized carbons (Fsp3) is 0.0625. The van der Waals surface area contributed by atoms with E-state index >= 15 is 0 Å². The molecule has 0 N–H and O–H groups in total. The molecule has 0 radical (unpaired) electrons. The number of benzene rings is 1. The number of aromatic nitrogens is 3. The van der Waals surface area contributed by atoms with Crippen LogP contribution in [-0.2, 0) is 0 Å². The van der Waals surface area contributed by atoms with Gasteiger partial charge in [0, 0.05) is 16.4 Å². The van der Waals surface area contributed by atoms with E-state index in [-0.39, 0.29) is 5.56 Å². The number of hydrogen-bond donors (Lipinski definition) is 0. The van der Waals surface area contributed by atoms with Crippen LogP contribution >= 0.6 is 27.7 Å². The lowest BCUT2D eigenvalue weighted by Gasteiger charge is -2.14. The normalized spacial score (nSPS) is 10.5. The predicted molar refractivity (Wildman–Crippen MR) is 92.4 cm³/mol. The van der Waals surface area contributed by atoms with Gasteiger partial charge in [-0.3, -0.25) is 9.36 Å². The van der Waals surface area contributed by atoms with Crippen molar-refractivity contribution in [2.24, 2.45) is 0 Å². The Balaban J connectivity index is 2.33. The maximum Gasteiger partial charge on any atom is 0.283 e. The molecule has 0 spiro atoms. The maximum atomic E-state index is 12.2. The van der Waals surface area contributed by atoms with Crippen LogP contribution in [0.5, 0.6) is 0 Å². The molecule has 0 aliphatic carbocycles. The van der Waals surface area contributed by atoms with E-state index in [1.54, 1.807) is 18.3 Å². The van der Waals surface area contributed by atoms with E-state index < -0.39 is 0 Å². The lowest BCUT2D eigenvalue weighted by Crippen LogP contribution is -2.16. The second-order valence-electron chi connectivity index (χ2n) is 4.38. The Labute approximate surface area is 139 Å². The second-order valence-corrected chi connectivity index (χ2v) is 6.24. The number of hydrogen-bond acceptors (Lipinski definition) is 4. The van der Waals surface area contributed by atoms with E-state index in [0.717, 1.165) is 10.2 Å². The van der Waals surface area contributed by atoms with Gasteiger partial charge in [-0.05, 0) is 36.4 Å². The molecule has 3 rings (SSSR count). The number of halogens is 1. The molecule has 0 aliphatic rings. The van der Waals surface area contributed by atoms with Crippen LogP contribution in [0.15, 0.2) is 57.0 Å². The van der Waals surface area contributed by atoms with E-state index in [4.69, 9.17) is 6.42 Å².